The van der Waals surface area contributed by atoms with Gasteiger partial charge in [0.05, 0.1) is 12.4 Å². The lowest BCUT2D eigenvalue weighted by atomic mass is 10.1. The fourth-order valence-electron chi connectivity index (χ4n) is 1.23. The summed E-state index contributed by atoms with van der Waals surface area (Å²) in [5, 5.41) is 9.58. The van der Waals surface area contributed by atoms with Crippen molar-refractivity contribution in [1.29, 1.82) is 0 Å². The number of aliphatic hydroxyl groups excluding tert-OH is 1. The molecule has 1 N–H and O–H groups in total. The van der Waals surface area contributed by atoms with Crippen molar-refractivity contribution in [2.75, 3.05) is 13.2 Å². The second-order valence-corrected chi connectivity index (χ2v) is 3.34. The summed E-state index contributed by atoms with van der Waals surface area (Å²) >= 11 is 0. The molecule has 14 heavy (non-hydrogen) atoms. The predicted octanol–water partition coefficient (Wildman–Crippen LogP) is 2.00. The van der Waals surface area contributed by atoms with Crippen molar-refractivity contribution in [3.8, 4) is 0 Å². The molecule has 0 amide bonds. The SMILES string of the molecule is CCCOCCC(O)Cc1ccco1. The highest BCUT2D eigenvalue weighted by molar-refractivity contribution is 4.99. The monoisotopic (exact) mass is 198 g/mol. The normalized spacial score (nSPS) is 13.0. The highest BCUT2D eigenvalue weighted by Gasteiger charge is 2.06. The lowest BCUT2D eigenvalue weighted by Gasteiger charge is -2.08. The van der Waals surface area contributed by atoms with Gasteiger partial charge in [0.25, 0.3) is 0 Å². The lowest BCUT2D eigenvalue weighted by molar-refractivity contribution is 0.0801. The van der Waals surface area contributed by atoms with Gasteiger partial charge in [-0.15, -0.1) is 0 Å². The third-order valence-electron chi connectivity index (χ3n) is 1.96. The Labute approximate surface area is 84.7 Å². The first-order valence-electron chi connectivity index (χ1n) is 5.11. The quantitative estimate of drug-likeness (QED) is 0.681. The molecule has 0 aliphatic carbocycles. The molecular weight excluding hydrogens is 180 g/mol. The Morgan fingerprint density at radius 3 is 3.00 bits per heavy atom. The Morgan fingerprint density at radius 2 is 2.36 bits per heavy atom. The van der Waals surface area contributed by atoms with Crippen molar-refractivity contribution in [3.05, 3.63) is 24.2 Å². The van der Waals surface area contributed by atoms with Gasteiger partial charge >= 0.3 is 0 Å². The van der Waals surface area contributed by atoms with Gasteiger partial charge in [0.2, 0.25) is 0 Å². The Kier molecular flexibility index (Phi) is 5.33. The molecule has 0 aromatic carbocycles. The highest BCUT2D eigenvalue weighted by atomic mass is 16.5. The van der Waals surface area contributed by atoms with Crippen LogP contribution in [0.4, 0.5) is 0 Å². The van der Waals surface area contributed by atoms with E-state index in [9.17, 15) is 5.11 Å². The van der Waals surface area contributed by atoms with Crippen LogP contribution in [0.5, 0.6) is 0 Å². The van der Waals surface area contributed by atoms with Crippen LogP contribution in [0.1, 0.15) is 25.5 Å². The van der Waals surface area contributed by atoms with E-state index in [0.717, 1.165) is 18.8 Å². The number of furan rings is 1. The molecule has 0 bridgehead atoms. The molecule has 0 aliphatic rings. The second kappa shape index (κ2) is 6.62. The van der Waals surface area contributed by atoms with Crippen LogP contribution in [0.2, 0.25) is 0 Å². The zero-order chi connectivity index (χ0) is 10.2. The van der Waals surface area contributed by atoms with Crippen LogP contribution in [-0.4, -0.2) is 24.4 Å². The van der Waals surface area contributed by atoms with Crippen LogP contribution < -0.4 is 0 Å². The van der Waals surface area contributed by atoms with Gasteiger partial charge in [0, 0.05) is 19.6 Å². The Hall–Kier alpha value is -0.800. The summed E-state index contributed by atoms with van der Waals surface area (Å²) < 4.78 is 10.4. The van der Waals surface area contributed by atoms with E-state index in [-0.39, 0.29) is 6.10 Å². The third kappa shape index (κ3) is 4.44. The molecule has 0 aliphatic heterocycles. The molecule has 1 heterocycles. The first-order chi connectivity index (χ1) is 6.83. The number of hydrogen-bond donors (Lipinski definition) is 1. The van der Waals surface area contributed by atoms with Crippen molar-refractivity contribution in [2.45, 2.75) is 32.3 Å². The summed E-state index contributed by atoms with van der Waals surface area (Å²) in [6, 6.07) is 3.70. The molecule has 1 aromatic heterocycles. The summed E-state index contributed by atoms with van der Waals surface area (Å²) in [6.07, 6.45) is 3.52. The molecule has 1 aromatic rings. The van der Waals surface area contributed by atoms with Crippen LogP contribution in [0, 0.1) is 0 Å². The van der Waals surface area contributed by atoms with Crippen molar-refractivity contribution in [2.24, 2.45) is 0 Å². The molecule has 0 radical (unpaired) electrons. The third-order valence-corrected chi connectivity index (χ3v) is 1.96. The van der Waals surface area contributed by atoms with Gasteiger partial charge in [-0.3, -0.25) is 0 Å². The fraction of sp³-hybridized carbons (Fsp3) is 0.636. The lowest BCUT2D eigenvalue weighted by Crippen LogP contribution is -2.13. The van der Waals surface area contributed by atoms with Gasteiger partial charge in [-0.25, -0.2) is 0 Å². The summed E-state index contributed by atoms with van der Waals surface area (Å²) in [6.45, 7) is 3.46. The fourth-order valence-corrected chi connectivity index (χ4v) is 1.23. The van der Waals surface area contributed by atoms with E-state index in [1.807, 2.05) is 12.1 Å². The van der Waals surface area contributed by atoms with Crippen molar-refractivity contribution < 1.29 is 14.3 Å². The molecule has 3 nitrogen and oxygen atoms in total. The first-order valence-corrected chi connectivity index (χ1v) is 5.11. The molecule has 3 heteroatoms. The van der Waals surface area contributed by atoms with Gasteiger partial charge in [0.1, 0.15) is 5.76 Å². The first kappa shape index (κ1) is 11.3. The summed E-state index contributed by atoms with van der Waals surface area (Å²) in [7, 11) is 0. The minimum atomic E-state index is -0.363. The maximum absolute atomic E-state index is 9.58. The number of aliphatic hydroxyl groups is 1. The molecule has 1 rings (SSSR count). The Bertz CT molecular complexity index is 218. The van der Waals surface area contributed by atoms with E-state index < -0.39 is 0 Å². The topological polar surface area (TPSA) is 42.6 Å². The minimum Gasteiger partial charge on any atom is -0.469 e. The van der Waals surface area contributed by atoms with Crippen molar-refractivity contribution in [3.63, 3.8) is 0 Å². The maximum Gasteiger partial charge on any atom is 0.106 e. The van der Waals surface area contributed by atoms with E-state index >= 15 is 0 Å². The summed E-state index contributed by atoms with van der Waals surface area (Å²) in [4.78, 5) is 0. The molecular formula is C11H18O3. The zero-order valence-electron chi connectivity index (χ0n) is 8.61. The number of ether oxygens (including phenoxy) is 1. The molecule has 1 atom stereocenters. The minimum absolute atomic E-state index is 0.363. The van der Waals surface area contributed by atoms with Gasteiger partial charge in [-0.05, 0) is 25.0 Å². The van der Waals surface area contributed by atoms with Gasteiger partial charge < -0.3 is 14.3 Å². The molecule has 0 fully saturated rings. The van der Waals surface area contributed by atoms with Crippen LogP contribution in [0.3, 0.4) is 0 Å². The zero-order valence-corrected chi connectivity index (χ0v) is 8.61. The second-order valence-electron chi connectivity index (χ2n) is 3.34. The van der Waals surface area contributed by atoms with E-state index in [1.54, 1.807) is 6.26 Å². The van der Waals surface area contributed by atoms with E-state index in [2.05, 4.69) is 6.92 Å². The summed E-state index contributed by atoms with van der Waals surface area (Å²) in [5.74, 6) is 0.827. The standard InChI is InChI=1S/C11H18O3/c1-2-6-13-8-5-10(12)9-11-4-3-7-14-11/h3-4,7,10,12H,2,5-6,8-9H2,1H3. The molecule has 0 saturated heterocycles. The molecule has 80 valence electrons. The van der Waals surface area contributed by atoms with E-state index in [1.165, 1.54) is 0 Å². The van der Waals surface area contributed by atoms with Crippen LogP contribution in [-0.2, 0) is 11.2 Å². The Balaban J connectivity index is 2.07. The van der Waals surface area contributed by atoms with E-state index in [0.29, 0.717) is 19.4 Å². The smallest absolute Gasteiger partial charge is 0.106 e. The van der Waals surface area contributed by atoms with Crippen LogP contribution in [0.25, 0.3) is 0 Å². The number of hydrogen-bond acceptors (Lipinski definition) is 3. The maximum atomic E-state index is 9.58. The van der Waals surface area contributed by atoms with Gasteiger partial charge in [-0.2, -0.15) is 0 Å². The van der Waals surface area contributed by atoms with Crippen molar-refractivity contribution >= 4 is 0 Å². The van der Waals surface area contributed by atoms with Crippen LogP contribution >= 0.6 is 0 Å². The predicted molar refractivity (Wildman–Crippen MR) is 54.1 cm³/mol. The van der Waals surface area contributed by atoms with Crippen LogP contribution in [0.15, 0.2) is 22.8 Å². The Morgan fingerprint density at radius 1 is 1.50 bits per heavy atom. The molecule has 0 spiro atoms. The van der Waals surface area contributed by atoms with Crippen molar-refractivity contribution in [1.82, 2.24) is 0 Å². The van der Waals surface area contributed by atoms with Gasteiger partial charge in [0.15, 0.2) is 0 Å². The number of rotatable bonds is 7. The molecule has 0 saturated carbocycles. The highest BCUT2D eigenvalue weighted by Crippen LogP contribution is 2.06. The largest absolute Gasteiger partial charge is 0.469 e. The average molecular weight is 198 g/mol. The van der Waals surface area contributed by atoms with E-state index in [4.69, 9.17) is 9.15 Å². The van der Waals surface area contributed by atoms with Gasteiger partial charge in [-0.1, -0.05) is 6.92 Å². The summed E-state index contributed by atoms with van der Waals surface area (Å²) in [5.41, 5.74) is 0. The molecule has 1 unspecified atom stereocenters. The average Bonchev–Trinajstić information content (AvgIpc) is 2.65.